The Morgan fingerprint density at radius 2 is 0.810 bits per heavy atom. The molecule has 0 aliphatic carbocycles. The topological polar surface area (TPSA) is 104 Å². The fraction of sp³-hybridized carbons (Fsp3) is 0.118. The van der Waals surface area contributed by atoms with Crippen molar-refractivity contribution in [1.29, 1.82) is 0 Å². The second-order valence-corrected chi connectivity index (χ2v) is 14.5. The van der Waals surface area contributed by atoms with E-state index in [4.69, 9.17) is 19.8 Å². The fourth-order valence-electron chi connectivity index (χ4n) is 7.87. The second kappa shape index (κ2) is 16.5. The van der Waals surface area contributed by atoms with Gasteiger partial charge in [-0.25, -0.2) is 9.97 Å². The van der Waals surface area contributed by atoms with Crippen LogP contribution >= 0.6 is 0 Å². The molecule has 2 aliphatic rings. The van der Waals surface area contributed by atoms with Crippen LogP contribution in [0.2, 0.25) is 0 Å². The predicted octanol–water partition coefficient (Wildman–Crippen LogP) is 12.7. The molecular formula is C51H42N4O3. The summed E-state index contributed by atoms with van der Waals surface area (Å²) in [6.07, 6.45) is 12.1. The number of H-pyrrole nitrogens is 2. The third-order valence-electron chi connectivity index (χ3n) is 10.6. The van der Waals surface area contributed by atoms with Crippen LogP contribution in [0, 0.1) is 0 Å². The van der Waals surface area contributed by atoms with Crippen molar-refractivity contribution in [3.8, 4) is 50.3 Å². The van der Waals surface area contributed by atoms with E-state index >= 15 is 0 Å². The van der Waals surface area contributed by atoms with Crippen LogP contribution in [0.25, 0.3) is 90.9 Å². The van der Waals surface area contributed by atoms with E-state index in [0.717, 1.165) is 114 Å². The van der Waals surface area contributed by atoms with Gasteiger partial charge in [-0.05, 0) is 95.8 Å². The maximum Gasteiger partial charge on any atom is 0.303 e. The van der Waals surface area contributed by atoms with Gasteiger partial charge in [-0.1, -0.05) is 116 Å². The molecule has 0 spiro atoms. The molecule has 3 aromatic heterocycles. The molecule has 0 saturated heterocycles. The average Bonchev–Trinajstić information content (AvgIpc) is 4.10. The monoisotopic (exact) mass is 758 g/mol. The molecular weight excluding hydrogens is 717 g/mol. The molecule has 58 heavy (non-hydrogen) atoms. The number of unbranched alkanes of at least 4 members (excludes halogenated alkanes) is 3. The molecule has 284 valence electrons. The summed E-state index contributed by atoms with van der Waals surface area (Å²) in [5, 5.41) is 8.91. The van der Waals surface area contributed by atoms with E-state index in [2.05, 4.69) is 143 Å². The predicted molar refractivity (Wildman–Crippen MR) is 237 cm³/mol. The van der Waals surface area contributed by atoms with Crippen molar-refractivity contribution >= 4 is 52.3 Å². The lowest BCUT2D eigenvalue weighted by molar-refractivity contribution is -0.137. The van der Waals surface area contributed by atoms with Crippen LogP contribution in [0.5, 0.6) is 5.75 Å². The second-order valence-electron chi connectivity index (χ2n) is 14.5. The first-order valence-corrected chi connectivity index (χ1v) is 19.9. The standard InChI is InChI=1S/C51H42N4O3/c56-47(57)20-12-1-2-13-33-58-38-23-21-37(22-24-38)51-45-31-29-43(54-45)49(35-16-8-4-9-17-35)41-27-25-39(52-41)48(34-14-6-3-7-15-34)40-26-28-42(53-40)50(36-18-10-5-11-19-36)44-30-32-46(51)55-44/h3-11,14-19,21-32,52,55H,1-2,12-13,20,33H2,(H,56,57). The van der Waals surface area contributed by atoms with Gasteiger partial charge in [0.15, 0.2) is 0 Å². The number of hydrogen-bond acceptors (Lipinski definition) is 4. The molecule has 0 amide bonds. The largest absolute Gasteiger partial charge is 0.494 e. The number of rotatable bonds is 12. The first-order chi connectivity index (χ1) is 28.6. The van der Waals surface area contributed by atoms with Gasteiger partial charge in [0.25, 0.3) is 0 Å². The maximum atomic E-state index is 10.8. The molecule has 7 nitrogen and oxygen atoms in total. The lowest BCUT2D eigenvalue weighted by Gasteiger charge is -2.09. The van der Waals surface area contributed by atoms with E-state index < -0.39 is 5.97 Å². The highest BCUT2D eigenvalue weighted by atomic mass is 16.5. The normalized spacial score (nSPS) is 11.9. The first-order valence-electron chi connectivity index (χ1n) is 19.9. The summed E-state index contributed by atoms with van der Waals surface area (Å²) in [5.74, 6) is 0.0482. The number of aromatic nitrogens is 4. The Balaban J connectivity index is 1.26. The third kappa shape index (κ3) is 7.62. The van der Waals surface area contributed by atoms with Crippen molar-refractivity contribution in [2.45, 2.75) is 32.1 Å². The van der Waals surface area contributed by atoms with Crippen LogP contribution < -0.4 is 4.74 Å². The van der Waals surface area contributed by atoms with E-state index in [9.17, 15) is 4.79 Å². The summed E-state index contributed by atoms with van der Waals surface area (Å²) in [6, 6.07) is 48.1. The molecule has 3 N–H and O–H groups in total. The highest BCUT2D eigenvalue weighted by molar-refractivity contribution is 5.99. The molecule has 2 aliphatic heterocycles. The number of aromatic amines is 2. The van der Waals surface area contributed by atoms with E-state index in [0.29, 0.717) is 13.0 Å². The van der Waals surface area contributed by atoms with Crippen LogP contribution in [0.1, 0.15) is 54.9 Å². The molecule has 4 aromatic carbocycles. The summed E-state index contributed by atoms with van der Waals surface area (Å²) in [7, 11) is 0. The zero-order valence-electron chi connectivity index (χ0n) is 32.0. The first kappa shape index (κ1) is 36.4. The van der Waals surface area contributed by atoms with Gasteiger partial charge in [-0.2, -0.15) is 0 Å². The van der Waals surface area contributed by atoms with E-state index in [1.807, 2.05) is 30.3 Å². The zero-order valence-corrected chi connectivity index (χ0v) is 32.0. The summed E-state index contributed by atoms with van der Waals surface area (Å²) in [5.41, 5.74) is 15.5. The summed E-state index contributed by atoms with van der Waals surface area (Å²) in [6.45, 7) is 0.579. The van der Waals surface area contributed by atoms with Crippen molar-refractivity contribution in [1.82, 2.24) is 19.9 Å². The lowest BCUT2D eigenvalue weighted by atomic mass is 10.0. The minimum atomic E-state index is -0.742. The van der Waals surface area contributed by atoms with Gasteiger partial charge in [-0.3, -0.25) is 4.79 Å². The number of carbonyl (C=O) groups is 1. The van der Waals surface area contributed by atoms with Crippen LogP contribution in [0.15, 0.2) is 140 Å². The third-order valence-corrected chi connectivity index (χ3v) is 10.6. The number of ether oxygens (including phenoxy) is 1. The molecule has 0 unspecified atom stereocenters. The SMILES string of the molecule is O=C(O)CCCCCCOc1ccc(-c2c3nc(c(-c4ccccc4)c4ccc([nH]4)c(-c4ccccc4)c4nc(c(-c5ccccc5)c5ccc2[nH]5)C=C4)C=C3)cc1. The lowest BCUT2D eigenvalue weighted by Crippen LogP contribution is -1.98. The molecule has 0 atom stereocenters. The highest BCUT2D eigenvalue weighted by Crippen LogP contribution is 2.38. The van der Waals surface area contributed by atoms with Crippen molar-refractivity contribution in [3.63, 3.8) is 0 Å². The Hall–Kier alpha value is -7.25. The summed E-state index contributed by atoms with van der Waals surface area (Å²) in [4.78, 5) is 29.2. The Labute approximate surface area is 337 Å². The van der Waals surface area contributed by atoms with Crippen molar-refractivity contribution in [2.75, 3.05) is 6.61 Å². The number of benzene rings is 4. The minimum Gasteiger partial charge on any atom is -0.494 e. The van der Waals surface area contributed by atoms with Crippen LogP contribution in [-0.4, -0.2) is 37.6 Å². The minimum absolute atomic E-state index is 0.215. The van der Waals surface area contributed by atoms with Crippen LogP contribution in [-0.2, 0) is 4.79 Å². The molecule has 5 heterocycles. The van der Waals surface area contributed by atoms with Gasteiger partial charge in [0, 0.05) is 50.7 Å². The number of carboxylic acids is 1. The van der Waals surface area contributed by atoms with Gasteiger partial charge in [0.05, 0.1) is 29.4 Å². The quantitative estimate of drug-likeness (QED) is 0.108. The maximum absolute atomic E-state index is 10.8. The number of aliphatic carboxylic acids is 1. The van der Waals surface area contributed by atoms with Crippen molar-refractivity contribution in [3.05, 3.63) is 162 Å². The number of hydrogen-bond donors (Lipinski definition) is 3. The number of carboxylic acid groups (broad SMARTS) is 1. The van der Waals surface area contributed by atoms with Gasteiger partial charge >= 0.3 is 5.97 Å². The number of nitrogens with zero attached hydrogens (tertiary/aromatic N) is 2. The molecule has 7 heteroatoms. The summed E-state index contributed by atoms with van der Waals surface area (Å²) < 4.78 is 6.11. The van der Waals surface area contributed by atoms with Gasteiger partial charge < -0.3 is 19.8 Å². The Morgan fingerprint density at radius 1 is 0.448 bits per heavy atom. The van der Waals surface area contributed by atoms with Gasteiger partial charge in [0.1, 0.15) is 5.75 Å². The van der Waals surface area contributed by atoms with Crippen molar-refractivity contribution < 1.29 is 14.6 Å². The molecule has 9 rings (SSSR count). The molecule has 8 bridgehead atoms. The van der Waals surface area contributed by atoms with Crippen LogP contribution in [0.4, 0.5) is 0 Å². The Bertz CT molecular complexity index is 2780. The van der Waals surface area contributed by atoms with Gasteiger partial charge in [0.2, 0.25) is 0 Å². The molecule has 0 radical (unpaired) electrons. The van der Waals surface area contributed by atoms with Crippen molar-refractivity contribution in [2.24, 2.45) is 0 Å². The Kier molecular flexibility index (Phi) is 10.3. The molecule has 0 fully saturated rings. The van der Waals surface area contributed by atoms with E-state index in [-0.39, 0.29) is 6.42 Å². The van der Waals surface area contributed by atoms with Crippen LogP contribution in [0.3, 0.4) is 0 Å². The fourth-order valence-corrected chi connectivity index (χ4v) is 7.87. The number of fused-ring (bicyclic) bond motifs is 8. The van der Waals surface area contributed by atoms with Gasteiger partial charge in [-0.15, -0.1) is 0 Å². The summed E-state index contributed by atoms with van der Waals surface area (Å²) >= 11 is 0. The average molecular weight is 759 g/mol. The highest BCUT2D eigenvalue weighted by Gasteiger charge is 2.19. The number of nitrogens with one attached hydrogen (secondary N) is 2. The zero-order chi connectivity index (χ0) is 39.3. The van der Waals surface area contributed by atoms with E-state index in [1.165, 1.54) is 0 Å². The van der Waals surface area contributed by atoms with E-state index in [1.54, 1.807) is 0 Å². The Morgan fingerprint density at radius 3 is 1.19 bits per heavy atom. The molecule has 0 saturated carbocycles. The molecule has 7 aromatic rings. The smallest absolute Gasteiger partial charge is 0.303 e.